The highest BCUT2D eigenvalue weighted by Gasteiger charge is 2.19. The zero-order valence-electron chi connectivity index (χ0n) is 10.8. The van der Waals surface area contributed by atoms with Crippen molar-refractivity contribution >= 4 is 23.1 Å². The summed E-state index contributed by atoms with van der Waals surface area (Å²) in [7, 11) is 0. The second-order valence-corrected chi connectivity index (χ2v) is 4.70. The van der Waals surface area contributed by atoms with Crippen molar-refractivity contribution in [3.63, 3.8) is 0 Å². The predicted octanol–water partition coefficient (Wildman–Crippen LogP) is 0.698. The van der Waals surface area contributed by atoms with Crippen LogP contribution in [0.4, 0.5) is 4.39 Å². The molecule has 0 unspecified atom stereocenters. The van der Waals surface area contributed by atoms with Crippen LogP contribution in [0.5, 0.6) is 5.75 Å². The van der Waals surface area contributed by atoms with Gasteiger partial charge in [-0.1, -0.05) is 18.3 Å². The molecule has 1 fully saturated rings. The second-order valence-electron chi connectivity index (χ2n) is 4.26. The molecule has 7 heteroatoms. The predicted molar refractivity (Wildman–Crippen MR) is 75.2 cm³/mol. The van der Waals surface area contributed by atoms with Gasteiger partial charge in [-0.2, -0.15) is 0 Å². The maximum atomic E-state index is 13.6. The van der Waals surface area contributed by atoms with Crippen molar-refractivity contribution in [3.05, 3.63) is 29.6 Å². The van der Waals surface area contributed by atoms with Gasteiger partial charge in [0, 0.05) is 13.1 Å². The summed E-state index contributed by atoms with van der Waals surface area (Å²) in [4.78, 5) is 13.5. The van der Waals surface area contributed by atoms with Crippen LogP contribution in [0.1, 0.15) is 5.56 Å². The Morgan fingerprint density at radius 1 is 1.45 bits per heavy atom. The summed E-state index contributed by atoms with van der Waals surface area (Å²) < 4.78 is 24.1. The highest BCUT2D eigenvalue weighted by atomic mass is 32.1. The average molecular weight is 298 g/mol. The number of hydrogen-bond acceptors (Lipinski definition) is 4. The van der Waals surface area contributed by atoms with Crippen molar-refractivity contribution in [2.75, 3.05) is 32.9 Å². The molecule has 1 heterocycles. The standard InChI is InChI=1S/C13H15FN2O3S/c14-9-2-1-3-10(12(9)13(15)20)19-8-11(17)16-4-6-18-7-5-16/h1-3H,4-8H2,(H2,15,20). The Morgan fingerprint density at radius 3 is 2.80 bits per heavy atom. The number of morpholine rings is 1. The van der Waals surface area contributed by atoms with Gasteiger partial charge in [0.25, 0.3) is 5.91 Å². The van der Waals surface area contributed by atoms with Crippen molar-refractivity contribution in [1.29, 1.82) is 0 Å². The first-order valence-corrected chi connectivity index (χ1v) is 6.57. The van der Waals surface area contributed by atoms with E-state index in [0.29, 0.717) is 26.3 Å². The number of ether oxygens (including phenoxy) is 2. The van der Waals surface area contributed by atoms with E-state index in [1.165, 1.54) is 18.2 Å². The summed E-state index contributed by atoms with van der Waals surface area (Å²) in [6, 6.07) is 4.25. The lowest BCUT2D eigenvalue weighted by Gasteiger charge is -2.26. The van der Waals surface area contributed by atoms with E-state index in [4.69, 9.17) is 27.4 Å². The van der Waals surface area contributed by atoms with Crippen molar-refractivity contribution in [1.82, 2.24) is 4.90 Å². The Hall–Kier alpha value is -1.73. The highest BCUT2D eigenvalue weighted by molar-refractivity contribution is 7.80. The van der Waals surface area contributed by atoms with Crippen LogP contribution in [0, 0.1) is 5.82 Å². The molecule has 5 nitrogen and oxygen atoms in total. The fraction of sp³-hybridized carbons (Fsp3) is 0.385. The van der Waals surface area contributed by atoms with E-state index >= 15 is 0 Å². The summed E-state index contributed by atoms with van der Waals surface area (Å²) in [5.41, 5.74) is 5.49. The van der Waals surface area contributed by atoms with Crippen LogP contribution in [0.15, 0.2) is 18.2 Å². The molecule has 0 aliphatic carbocycles. The number of hydrogen-bond donors (Lipinski definition) is 1. The summed E-state index contributed by atoms with van der Waals surface area (Å²) >= 11 is 4.79. The van der Waals surface area contributed by atoms with Gasteiger partial charge in [-0.3, -0.25) is 4.79 Å². The zero-order chi connectivity index (χ0) is 14.5. The first-order chi connectivity index (χ1) is 9.59. The van der Waals surface area contributed by atoms with E-state index < -0.39 is 5.82 Å². The minimum atomic E-state index is -0.561. The number of benzene rings is 1. The fourth-order valence-electron chi connectivity index (χ4n) is 1.91. The fourth-order valence-corrected chi connectivity index (χ4v) is 2.11. The minimum Gasteiger partial charge on any atom is -0.483 e. The Kier molecular flexibility index (Phi) is 4.86. The molecule has 1 amide bonds. The monoisotopic (exact) mass is 298 g/mol. The van der Waals surface area contributed by atoms with Crippen LogP contribution in [-0.4, -0.2) is 48.7 Å². The number of carbonyl (C=O) groups is 1. The number of carbonyl (C=O) groups excluding carboxylic acids is 1. The zero-order valence-corrected chi connectivity index (χ0v) is 11.6. The molecule has 0 saturated carbocycles. The van der Waals surface area contributed by atoms with Crippen molar-refractivity contribution < 1.29 is 18.7 Å². The van der Waals surface area contributed by atoms with Gasteiger partial charge in [0.1, 0.15) is 16.6 Å². The molecule has 1 aromatic rings. The first-order valence-electron chi connectivity index (χ1n) is 6.16. The maximum Gasteiger partial charge on any atom is 0.260 e. The number of thiocarbonyl (C=S) groups is 1. The molecular formula is C13H15FN2O3S. The van der Waals surface area contributed by atoms with E-state index in [0.717, 1.165) is 0 Å². The van der Waals surface area contributed by atoms with E-state index in [-0.39, 0.29) is 28.8 Å². The Morgan fingerprint density at radius 2 is 2.15 bits per heavy atom. The van der Waals surface area contributed by atoms with Gasteiger partial charge in [0.2, 0.25) is 0 Å². The van der Waals surface area contributed by atoms with Gasteiger partial charge in [-0.15, -0.1) is 0 Å². The number of amides is 1. The van der Waals surface area contributed by atoms with Crippen molar-refractivity contribution in [3.8, 4) is 5.75 Å². The van der Waals surface area contributed by atoms with Crippen molar-refractivity contribution in [2.24, 2.45) is 5.73 Å². The molecular weight excluding hydrogens is 283 g/mol. The third-order valence-corrected chi connectivity index (χ3v) is 3.14. The third kappa shape index (κ3) is 3.43. The van der Waals surface area contributed by atoms with E-state index in [1.54, 1.807) is 4.90 Å². The smallest absolute Gasteiger partial charge is 0.260 e. The number of halogens is 1. The van der Waals surface area contributed by atoms with E-state index in [1.807, 2.05) is 0 Å². The van der Waals surface area contributed by atoms with Crippen LogP contribution in [0.25, 0.3) is 0 Å². The molecule has 0 spiro atoms. The van der Waals surface area contributed by atoms with Crippen LogP contribution in [0.2, 0.25) is 0 Å². The number of rotatable bonds is 4. The summed E-state index contributed by atoms with van der Waals surface area (Å²) in [6.07, 6.45) is 0. The molecule has 0 bridgehead atoms. The molecule has 0 aromatic heterocycles. The molecule has 2 N–H and O–H groups in total. The summed E-state index contributed by atoms with van der Waals surface area (Å²) in [6.45, 7) is 1.92. The van der Waals surface area contributed by atoms with Gasteiger partial charge in [-0.05, 0) is 12.1 Å². The normalized spacial score (nSPS) is 14.9. The molecule has 1 aromatic carbocycles. The number of nitrogens with zero attached hydrogens (tertiary/aromatic N) is 1. The Balaban J connectivity index is 2.02. The van der Waals surface area contributed by atoms with Gasteiger partial charge in [0.15, 0.2) is 6.61 Å². The van der Waals surface area contributed by atoms with Gasteiger partial charge < -0.3 is 20.1 Å². The lowest BCUT2D eigenvalue weighted by atomic mass is 10.2. The molecule has 20 heavy (non-hydrogen) atoms. The summed E-state index contributed by atoms with van der Waals surface area (Å²) in [5.74, 6) is -0.556. The Bertz CT molecular complexity index is 518. The van der Waals surface area contributed by atoms with Gasteiger partial charge in [-0.25, -0.2) is 4.39 Å². The maximum absolute atomic E-state index is 13.6. The topological polar surface area (TPSA) is 64.8 Å². The van der Waals surface area contributed by atoms with Crippen LogP contribution >= 0.6 is 12.2 Å². The van der Waals surface area contributed by atoms with Crippen LogP contribution in [-0.2, 0) is 9.53 Å². The Labute approximate surface area is 121 Å². The molecule has 0 atom stereocenters. The van der Waals surface area contributed by atoms with Crippen LogP contribution < -0.4 is 10.5 Å². The minimum absolute atomic E-state index is 0.0253. The first kappa shape index (κ1) is 14.7. The molecule has 1 aliphatic heterocycles. The second kappa shape index (κ2) is 6.62. The molecule has 2 rings (SSSR count). The van der Waals surface area contributed by atoms with E-state index in [2.05, 4.69) is 0 Å². The van der Waals surface area contributed by atoms with E-state index in [9.17, 15) is 9.18 Å². The molecule has 1 saturated heterocycles. The lowest BCUT2D eigenvalue weighted by Crippen LogP contribution is -2.43. The van der Waals surface area contributed by atoms with Crippen LogP contribution in [0.3, 0.4) is 0 Å². The number of nitrogens with two attached hydrogens (primary N) is 1. The average Bonchev–Trinajstić information content (AvgIpc) is 2.45. The third-order valence-electron chi connectivity index (χ3n) is 2.94. The van der Waals surface area contributed by atoms with Gasteiger partial charge in [0.05, 0.1) is 18.8 Å². The molecule has 1 aliphatic rings. The highest BCUT2D eigenvalue weighted by Crippen LogP contribution is 2.21. The molecule has 0 radical (unpaired) electrons. The lowest BCUT2D eigenvalue weighted by molar-refractivity contribution is -0.137. The SMILES string of the molecule is NC(=S)c1c(F)cccc1OCC(=O)N1CCOCC1. The summed E-state index contributed by atoms with van der Waals surface area (Å²) in [5, 5.41) is 0. The largest absolute Gasteiger partial charge is 0.483 e. The van der Waals surface area contributed by atoms with Crippen molar-refractivity contribution in [2.45, 2.75) is 0 Å². The molecule has 108 valence electrons. The quantitative estimate of drug-likeness (QED) is 0.829. The van der Waals surface area contributed by atoms with Gasteiger partial charge >= 0.3 is 0 Å².